The van der Waals surface area contributed by atoms with Crippen LogP contribution in [0.4, 0.5) is 5.69 Å². The fraction of sp³-hybridized carbons (Fsp3) is 0.300. The number of hydrogen-bond acceptors (Lipinski definition) is 2. The van der Waals surface area contributed by atoms with Crippen LogP contribution in [0.5, 0.6) is 0 Å². The van der Waals surface area contributed by atoms with Gasteiger partial charge in [-0.15, -0.1) is 0 Å². The van der Waals surface area contributed by atoms with Gasteiger partial charge in [0, 0.05) is 12.2 Å². The molecule has 0 aromatic heterocycles. The highest BCUT2D eigenvalue weighted by molar-refractivity contribution is 6.05. The number of fused-ring (bicyclic) bond motifs is 1. The number of carbonyl (C=O) groups excluding carboxylic acids is 2. The van der Waals surface area contributed by atoms with Gasteiger partial charge in [-0.1, -0.05) is 36.4 Å². The molecule has 0 atom stereocenters. The molecule has 0 fully saturated rings. The van der Waals surface area contributed by atoms with E-state index in [0.717, 1.165) is 22.4 Å². The molecule has 1 aliphatic rings. The van der Waals surface area contributed by atoms with Crippen molar-refractivity contribution in [3.8, 4) is 0 Å². The zero-order chi connectivity index (χ0) is 17.3. The summed E-state index contributed by atoms with van der Waals surface area (Å²) in [5.41, 5.74) is 4.45. The van der Waals surface area contributed by atoms with Gasteiger partial charge in [-0.25, -0.2) is 0 Å². The zero-order valence-electron chi connectivity index (χ0n) is 14.3. The molecular formula is C20H22N2O2. The van der Waals surface area contributed by atoms with E-state index in [9.17, 15) is 9.59 Å². The van der Waals surface area contributed by atoms with Crippen LogP contribution >= 0.6 is 0 Å². The molecule has 2 aromatic carbocycles. The second-order valence-electron chi connectivity index (χ2n) is 6.84. The number of rotatable bonds is 4. The van der Waals surface area contributed by atoms with Gasteiger partial charge in [-0.05, 0) is 49.1 Å². The first kappa shape index (κ1) is 16.2. The highest BCUT2D eigenvalue weighted by Crippen LogP contribution is 2.37. The molecule has 0 aliphatic carbocycles. The molecule has 0 radical (unpaired) electrons. The van der Waals surface area contributed by atoms with E-state index in [4.69, 9.17) is 0 Å². The minimum absolute atomic E-state index is 0.00125. The van der Waals surface area contributed by atoms with Gasteiger partial charge in [0.1, 0.15) is 0 Å². The maximum atomic E-state index is 12.2. The molecule has 0 saturated heterocycles. The second-order valence-corrected chi connectivity index (χ2v) is 6.84. The summed E-state index contributed by atoms with van der Waals surface area (Å²) >= 11 is 0. The van der Waals surface area contributed by atoms with Crippen molar-refractivity contribution < 1.29 is 9.59 Å². The van der Waals surface area contributed by atoms with Gasteiger partial charge in [-0.3, -0.25) is 9.59 Å². The molecule has 24 heavy (non-hydrogen) atoms. The number of hydrogen-bond donors (Lipinski definition) is 2. The number of carbonyl (C=O) groups is 2. The Hall–Kier alpha value is -2.62. The second kappa shape index (κ2) is 6.11. The first-order valence-corrected chi connectivity index (χ1v) is 8.14. The van der Waals surface area contributed by atoms with Crippen LogP contribution in [0.25, 0.3) is 0 Å². The minimum atomic E-state index is -0.553. The van der Waals surface area contributed by atoms with E-state index >= 15 is 0 Å². The Morgan fingerprint density at radius 2 is 1.92 bits per heavy atom. The largest absolute Gasteiger partial charge is 0.352 e. The third-order valence-electron chi connectivity index (χ3n) is 4.68. The van der Waals surface area contributed by atoms with E-state index in [-0.39, 0.29) is 11.8 Å². The van der Waals surface area contributed by atoms with Crippen molar-refractivity contribution in [2.75, 3.05) is 5.32 Å². The Morgan fingerprint density at radius 3 is 2.67 bits per heavy atom. The SMILES string of the molecule is Cc1ccccc1CNC(=O)Cc1ccc2c(c1)C(C)(C)C(=O)N2. The highest BCUT2D eigenvalue weighted by Gasteiger charge is 2.38. The molecule has 4 heteroatoms. The standard InChI is InChI=1S/C20H22N2O2/c1-13-6-4-5-7-15(13)12-21-18(23)11-14-8-9-17-16(10-14)20(2,3)19(24)22-17/h4-10H,11-12H2,1-3H3,(H,21,23)(H,22,24). The number of anilines is 1. The van der Waals surface area contributed by atoms with Crippen molar-refractivity contribution in [1.29, 1.82) is 0 Å². The van der Waals surface area contributed by atoms with Gasteiger partial charge >= 0.3 is 0 Å². The maximum Gasteiger partial charge on any atom is 0.234 e. The van der Waals surface area contributed by atoms with Crippen LogP contribution in [-0.4, -0.2) is 11.8 Å². The summed E-state index contributed by atoms with van der Waals surface area (Å²) in [5.74, 6) is -0.0213. The zero-order valence-corrected chi connectivity index (χ0v) is 14.3. The summed E-state index contributed by atoms with van der Waals surface area (Å²) in [5, 5.41) is 5.85. The van der Waals surface area contributed by atoms with Crippen LogP contribution in [0, 0.1) is 6.92 Å². The average Bonchev–Trinajstić information content (AvgIpc) is 2.77. The van der Waals surface area contributed by atoms with E-state index in [2.05, 4.69) is 10.6 Å². The molecule has 124 valence electrons. The van der Waals surface area contributed by atoms with E-state index in [0.29, 0.717) is 13.0 Å². The van der Waals surface area contributed by atoms with E-state index in [1.807, 2.05) is 63.2 Å². The molecule has 0 bridgehead atoms. The Labute approximate surface area is 142 Å². The van der Waals surface area contributed by atoms with Gasteiger partial charge in [-0.2, -0.15) is 0 Å². The van der Waals surface area contributed by atoms with Crippen LogP contribution in [0.3, 0.4) is 0 Å². The molecular weight excluding hydrogens is 300 g/mol. The van der Waals surface area contributed by atoms with Crippen LogP contribution in [-0.2, 0) is 28.0 Å². The van der Waals surface area contributed by atoms with Crippen molar-refractivity contribution in [2.45, 2.75) is 39.2 Å². The number of nitrogens with one attached hydrogen (secondary N) is 2. The molecule has 2 aromatic rings. The Kier molecular flexibility index (Phi) is 4.14. The van der Waals surface area contributed by atoms with Crippen molar-refractivity contribution in [3.63, 3.8) is 0 Å². The van der Waals surface area contributed by atoms with Gasteiger partial charge in [0.2, 0.25) is 11.8 Å². The summed E-state index contributed by atoms with van der Waals surface area (Å²) in [4.78, 5) is 24.2. The average molecular weight is 322 g/mol. The Morgan fingerprint density at radius 1 is 1.17 bits per heavy atom. The molecule has 3 rings (SSSR count). The Balaban J connectivity index is 1.67. The first-order chi connectivity index (χ1) is 11.4. The fourth-order valence-electron chi connectivity index (χ4n) is 2.98. The van der Waals surface area contributed by atoms with E-state index in [1.54, 1.807) is 0 Å². The molecule has 0 saturated carbocycles. The van der Waals surface area contributed by atoms with E-state index in [1.165, 1.54) is 5.56 Å². The molecule has 2 amide bonds. The third-order valence-corrected chi connectivity index (χ3v) is 4.68. The van der Waals surface area contributed by atoms with Gasteiger partial charge in [0.15, 0.2) is 0 Å². The lowest BCUT2D eigenvalue weighted by atomic mass is 9.85. The van der Waals surface area contributed by atoms with Crippen LogP contribution in [0.1, 0.15) is 36.1 Å². The summed E-state index contributed by atoms with van der Waals surface area (Å²) in [6.07, 6.45) is 0.309. The fourth-order valence-corrected chi connectivity index (χ4v) is 2.98. The number of amides is 2. The minimum Gasteiger partial charge on any atom is -0.352 e. The van der Waals surface area contributed by atoms with Gasteiger partial charge in [0.25, 0.3) is 0 Å². The molecule has 2 N–H and O–H groups in total. The number of benzene rings is 2. The van der Waals surface area contributed by atoms with E-state index < -0.39 is 5.41 Å². The normalized spacial score (nSPS) is 14.9. The lowest BCUT2D eigenvalue weighted by Crippen LogP contribution is -2.27. The first-order valence-electron chi connectivity index (χ1n) is 8.14. The molecule has 4 nitrogen and oxygen atoms in total. The maximum absolute atomic E-state index is 12.2. The molecule has 1 aliphatic heterocycles. The quantitative estimate of drug-likeness (QED) is 0.909. The predicted octanol–water partition coefficient (Wildman–Crippen LogP) is 3.08. The summed E-state index contributed by atoms with van der Waals surface area (Å²) in [6, 6.07) is 13.8. The van der Waals surface area contributed by atoms with Crippen LogP contribution < -0.4 is 10.6 Å². The van der Waals surface area contributed by atoms with Crippen molar-refractivity contribution in [3.05, 3.63) is 64.7 Å². The highest BCUT2D eigenvalue weighted by atomic mass is 16.2. The topological polar surface area (TPSA) is 58.2 Å². The van der Waals surface area contributed by atoms with Crippen molar-refractivity contribution in [2.24, 2.45) is 0 Å². The predicted molar refractivity (Wildman–Crippen MR) is 94.8 cm³/mol. The summed E-state index contributed by atoms with van der Waals surface area (Å²) in [6.45, 7) is 6.36. The Bertz CT molecular complexity index is 809. The van der Waals surface area contributed by atoms with Crippen LogP contribution in [0.15, 0.2) is 42.5 Å². The molecule has 0 unspecified atom stereocenters. The van der Waals surface area contributed by atoms with Gasteiger partial charge in [0.05, 0.1) is 11.8 Å². The van der Waals surface area contributed by atoms with Gasteiger partial charge < -0.3 is 10.6 Å². The van der Waals surface area contributed by atoms with Crippen molar-refractivity contribution >= 4 is 17.5 Å². The molecule has 0 spiro atoms. The third kappa shape index (κ3) is 3.04. The summed E-state index contributed by atoms with van der Waals surface area (Å²) in [7, 11) is 0. The van der Waals surface area contributed by atoms with Crippen LogP contribution in [0.2, 0.25) is 0 Å². The number of aryl methyl sites for hydroxylation is 1. The summed E-state index contributed by atoms with van der Waals surface area (Å²) < 4.78 is 0. The monoisotopic (exact) mass is 322 g/mol. The van der Waals surface area contributed by atoms with Crippen molar-refractivity contribution in [1.82, 2.24) is 5.32 Å². The molecule has 1 heterocycles. The smallest absolute Gasteiger partial charge is 0.234 e. The lowest BCUT2D eigenvalue weighted by molar-refractivity contribution is -0.121. The lowest BCUT2D eigenvalue weighted by Gasteiger charge is -2.16.